The molecule has 2 heterocycles. The standard InChI is InChI=1S/C13H24N4/c1-15-7-9-17(10-8-15)6-4-14-11-13-3-5-16(2)12-13/h3,5,12,14H,4,6-11H2,1-2H3. The number of nitrogens with one attached hydrogen (secondary N) is 1. The molecule has 0 bridgehead atoms. The van der Waals surface area contributed by atoms with Crippen LogP contribution in [0.5, 0.6) is 0 Å². The van der Waals surface area contributed by atoms with E-state index < -0.39 is 0 Å². The molecule has 1 N–H and O–H groups in total. The number of nitrogens with zero attached hydrogens (tertiary/aromatic N) is 3. The Bertz CT molecular complexity index is 326. The van der Waals surface area contributed by atoms with Crippen molar-refractivity contribution in [3.63, 3.8) is 0 Å². The molecule has 0 amide bonds. The third-order valence-corrected chi connectivity index (χ3v) is 3.42. The van der Waals surface area contributed by atoms with Gasteiger partial charge in [-0.2, -0.15) is 0 Å². The van der Waals surface area contributed by atoms with Crippen LogP contribution in [0.2, 0.25) is 0 Å². The number of piperazine rings is 1. The maximum Gasteiger partial charge on any atom is 0.0221 e. The Hall–Kier alpha value is -0.840. The van der Waals surface area contributed by atoms with E-state index in [1.807, 2.05) is 0 Å². The molecule has 0 unspecified atom stereocenters. The van der Waals surface area contributed by atoms with Crippen molar-refractivity contribution >= 4 is 0 Å². The van der Waals surface area contributed by atoms with Crippen molar-refractivity contribution < 1.29 is 0 Å². The van der Waals surface area contributed by atoms with Crippen LogP contribution in [-0.2, 0) is 13.6 Å². The van der Waals surface area contributed by atoms with Gasteiger partial charge in [-0.1, -0.05) is 0 Å². The van der Waals surface area contributed by atoms with Gasteiger partial charge >= 0.3 is 0 Å². The summed E-state index contributed by atoms with van der Waals surface area (Å²) in [5.41, 5.74) is 1.37. The molecule has 0 spiro atoms. The van der Waals surface area contributed by atoms with Gasteiger partial charge in [-0.05, 0) is 18.7 Å². The van der Waals surface area contributed by atoms with Gasteiger partial charge in [0.15, 0.2) is 0 Å². The summed E-state index contributed by atoms with van der Waals surface area (Å²) in [7, 11) is 4.26. The number of aryl methyl sites for hydroxylation is 1. The number of rotatable bonds is 5. The second kappa shape index (κ2) is 6.19. The highest BCUT2D eigenvalue weighted by Crippen LogP contribution is 1.99. The predicted octanol–water partition coefficient (Wildman–Crippen LogP) is 0.362. The van der Waals surface area contributed by atoms with Gasteiger partial charge in [-0.25, -0.2) is 0 Å². The van der Waals surface area contributed by atoms with Crippen LogP contribution in [0, 0.1) is 0 Å². The van der Waals surface area contributed by atoms with E-state index in [0.717, 1.165) is 13.1 Å². The third-order valence-electron chi connectivity index (χ3n) is 3.42. The molecule has 1 aromatic rings. The van der Waals surface area contributed by atoms with Crippen LogP contribution in [0.25, 0.3) is 0 Å². The lowest BCUT2D eigenvalue weighted by atomic mass is 10.3. The van der Waals surface area contributed by atoms with E-state index in [4.69, 9.17) is 0 Å². The lowest BCUT2D eigenvalue weighted by Crippen LogP contribution is -2.46. The third kappa shape index (κ3) is 4.15. The molecule has 17 heavy (non-hydrogen) atoms. The van der Waals surface area contributed by atoms with E-state index in [1.165, 1.54) is 38.3 Å². The highest BCUT2D eigenvalue weighted by Gasteiger charge is 2.12. The van der Waals surface area contributed by atoms with Crippen molar-refractivity contribution in [2.24, 2.45) is 7.05 Å². The van der Waals surface area contributed by atoms with Gasteiger partial charge in [-0.15, -0.1) is 0 Å². The highest BCUT2D eigenvalue weighted by molar-refractivity contribution is 5.09. The zero-order chi connectivity index (χ0) is 12.1. The molecule has 1 fully saturated rings. The smallest absolute Gasteiger partial charge is 0.0221 e. The maximum absolute atomic E-state index is 3.50. The quantitative estimate of drug-likeness (QED) is 0.747. The Morgan fingerprint density at radius 2 is 1.94 bits per heavy atom. The fraction of sp³-hybridized carbons (Fsp3) is 0.692. The largest absolute Gasteiger partial charge is 0.357 e. The number of hydrogen-bond acceptors (Lipinski definition) is 3. The molecule has 1 aliphatic heterocycles. The van der Waals surface area contributed by atoms with E-state index in [2.05, 4.69) is 52.2 Å². The summed E-state index contributed by atoms with van der Waals surface area (Å²) in [5, 5.41) is 3.50. The first-order valence-electron chi connectivity index (χ1n) is 6.46. The molecule has 1 aromatic heterocycles. The second-order valence-corrected chi connectivity index (χ2v) is 5.01. The molecule has 0 atom stereocenters. The van der Waals surface area contributed by atoms with Crippen molar-refractivity contribution in [2.45, 2.75) is 6.54 Å². The fourth-order valence-electron chi connectivity index (χ4n) is 2.21. The van der Waals surface area contributed by atoms with Crippen molar-refractivity contribution in [3.8, 4) is 0 Å². The molecule has 0 aromatic carbocycles. The molecular formula is C13H24N4. The molecule has 2 rings (SSSR count). The Morgan fingerprint density at radius 1 is 1.18 bits per heavy atom. The first kappa shape index (κ1) is 12.6. The Kier molecular flexibility index (Phi) is 4.59. The normalized spacial score (nSPS) is 18.7. The van der Waals surface area contributed by atoms with E-state index in [1.54, 1.807) is 0 Å². The fourth-order valence-corrected chi connectivity index (χ4v) is 2.21. The molecule has 0 radical (unpaired) electrons. The maximum atomic E-state index is 3.50. The first-order chi connectivity index (χ1) is 8.24. The minimum atomic E-state index is 0.981. The van der Waals surface area contributed by atoms with E-state index >= 15 is 0 Å². The van der Waals surface area contributed by atoms with Crippen LogP contribution in [0.15, 0.2) is 18.5 Å². The van der Waals surface area contributed by atoms with Gasteiger partial charge < -0.3 is 14.8 Å². The predicted molar refractivity (Wildman–Crippen MR) is 71.1 cm³/mol. The topological polar surface area (TPSA) is 23.4 Å². The van der Waals surface area contributed by atoms with Crippen LogP contribution in [0.1, 0.15) is 5.56 Å². The number of aromatic nitrogens is 1. The summed E-state index contributed by atoms with van der Waals surface area (Å²) in [6, 6.07) is 2.17. The minimum Gasteiger partial charge on any atom is -0.357 e. The summed E-state index contributed by atoms with van der Waals surface area (Å²) in [4.78, 5) is 4.94. The van der Waals surface area contributed by atoms with Crippen LogP contribution in [0.3, 0.4) is 0 Å². The first-order valence-corrected chi connectivity index (χ1v) is 6.46. The molecular weight excluding hydrogens is 212 g/mol. The summed E-state index contributed by atoms with van der Waals surface area (Å²) in [6.45, 7) is 8.07. The number of likely N-dealkylation sites (N-methyl/N-ethyl adjacent to an activating group) is 1. The molecule has 4 nitrogen and oxygen atoms in total. The molecule has 0 aliphatic carbocycles. The Labute approximate surface area is 104 Å². The number of hydrogen-bond donors (Lipinski definition) is 1. The van der Waals surface area contributed by atoms with E-state index in [9.17, 15) is 0 Å². The van der Waals surface area contributed by atoms with Crippen LogP contribution in [0.4, 0.5) is 0 Å². The minimum absolute atomic E-state index is 0.981. The molecule has 1 saturated heterocycles. The average molecular weight is 236 g/mol. The lowest BCUT2D eigenvalue weighted by molar-refractivity contribution is 0.154. The highest BCUT2D eigenvalue weighted by atomic mass is 15.2. The van der Waals surface area contributed by atoms with Gasteiger partial charge in [-0.3, -0.25) is 4.90 Å². The summed E-state index contributed by atoms with van der Waals surface area (Å²) in [6.07, 6.45) is 4.26. The van der Waals surface area contributed by atoms with Crippen molar-refractivity contribution in [2.75, 3.05) is 46.3 Å². The molecule has 96 valence electrons. The molecule has 0 saturated carbocycles. The van der Waals surface area contributed by atoms with Gasteiger partial charge in [0.1, 0.15) is 0 Å². The molecule has 1 aliphatic rings. The lowest BCUT2D eigenvalue weighted by Gasteiger charge is -2.32. The SMILES string of the molecule is CN1CCN(CCNCc2ccn(C)c2)CC1. The van der Waals surface area contributed by atoms with Gasteiger partial charge in [0, 0.05) is 65.3 Å². The van der Waals surface area contributed by atoms with Crippen molar-refractivity contribution in [1.82, 2.24) is 19.7 Å². The van der Waals surface area contributed by atoms with Crippen molar-refractivity contribution in [3.05, 3.63) is 24.0 Å². The van der Waals surface area contributed by atoms with E-state index in [0.29, 0.717) is 0 Å². The van der Waals surface area contributed by atoms with E-state index in [-0.39, 0.29) is 0 Å². The van der Waals surface area contributed by atoms with Crippen molar-refractivity contribution in [1.29, 1.82) is 0 Å². The Morgan fingerprint density at radius 3 is 2.59 bits per heavy atom. The van der Waals surface area contributed by atoms with Crippen LogP contribution >= 0.6 is 0 Å². The molecule has 4 heteroatoms. The zero-order valence-electron chi connectivity index (χ0n) is 11.0. The average Bonchev–Trinajstić information content (AvgIpc) is 2.73. The summed E-state index contributed by atoms with van der Waals surface area (Å²) < 4.78 is 2.09. The second-order valence-electron chi connectivity index (χ2n) is 5.01. The van der Waals surface area contributed by atoms with Gasteiger partial charge in [0.25, 0.3) is 0 Å². The van der Waals surface area contributed by atoms with Crippen LogP contribution in [-0.4, -0.2) is 60.7 Å². The summed E-state index contributed by atoms with van der Waals surface area (Å²) in [5.74, 6) is 0. The summed E-state index contributed by atoms with van der Waals surface area (Å²) >= 11 is 0. The zero-order valence-corrected chi connectivity index (χ0v) is 11.0. The van der Waals surface area contributed by atoms with Gasteiger partial charge in [0.2, 0.25) is 0 Å². The Balaban J connectivity index is 1.57. The van der Waals surface area contributed by atoms with Crippen LogP contribution < -0.4 is 5.32 Å². The monoisotopic (exact) mass is 236 g/mol. The van der Waals surface area contributed by atoms with Gasteiger partial charge in [0.05, 0.1) is 0 Å².